The van der Waals surface area contributed by atoms with Crippen LogP contribution in [0.4, 0.5) is 5.69 Å². The molecule has 1 N–H and O–H groups in total. The summed E-state index contributed by atoms with van der Waals surface area (Å²) >= 11 is 1.60. The van der Waals surface area contributed by atoms with Gasteiger partial charge in [-0.3, -0.25) is 4.79 Å². The predicted octanol–water partition coefficient (Wildman–Crippen LogP) is 3.35. The largest absolute Gasteiger partial charge is 0.322 e. The molecule has 0 saturated heterocycles. The van der Waals surface area contributed by atoms with Crippen LogP contribution in [0.25, 0.3) is 16.9 Å². The number of amides is 1. The van der Waals surface area contributed by atoms with Crippen LogP contribution in [0.5, 0.6) is 0 Å². The molecule has 2 heterocycles. The molecule has 128 valence electrons. The Balaban J connectivity index is 1.62. The van der Waals surface area contributed by atoms with E-state index >= 15 is 0 Å². The molecule has 0 unspecified atom stereocenters. The van der Waals surface area contributed by atoms with Gasteiger partial charge in [-0.15, -0.1) is 16.4 Å². The van der Waals surface area contributed by atoms with E-state index < -0.39 is 0 Å². The number of hydrogen-bond donors (Lipinski definition) is 1. The maximum absolute atomic E-state index is 12.8. The van der Waals surface area contributed by atoms with Crippen molar-refractivity contribution in [1.82, 2.24) is 25.2 Å². The van der Waals surface area contributed by atoms with Crippen LogP contribution in [-0.2, 0) is 0 Å². The second-order valence-electron chi connectivity index (χ2n) is 5.56. The van der Waals surface area contributed by atoms with Crippen LogP contribution in [0, 0.1) is 6.92 Å². The SMILES string of the molecule is Cc1nc(-c2cccc(NC(=O)c3ccccc3-n3cnnn3)c2)cs1. The number of benzene rings is 2. The first-order valence-corrected chi connectivity index (χ1v) is 8.75. The van der Waals surface area contributed by atoms with Crippen LogP contribution in [0.3, 0.4) is 0 Å². The molecule has 2 aromatic heterocycles. The molecular formula is C18H14N6OS. The van der Waals surface area contributed by atoms with E-state index in [0.29, 0.717) is 16.9 Å². The third-order valence-corrected chi connectivity index (χ3v) is 4.55. The fourth-order valence-corrected chi connectivity index (χ4v) is 3.21. The summed E-state index contributed by atoms with van der Waals surface area (Å²) in [6, 6.07) is 14.8. The lowest BCUT2D eigenvalue weighted by molar-refractivity contribution is 0.102. The van der Waals surface area contributed by atoms with E-state index in [1.54, 1.807) is 29.5 Å². The maximum Gasteiger partial charge on any atom is 0.257 e. The van der Waals surface area contributed by atoms with Gasteiger partial charge in [0.15, 0.2) is 0 Å². The van der Waals surface area contributed by atoms with Gasteiger partial charge in [0.05, 0.1) is 22.0 Å². The molecule has 0 aliphatic carbocycles. The highest BCUT2D eigenvalue weighted by molar-refractivity contribution is 7.09. The molecule has 0 fully saturated rings. The van der Waals surface area contributed by atoms with Crippen molar-refractivity contribution in [3.05, 3.63) is 70.8 Å². The number of anilines is 1. The van der Waals surface area contributed by atoms with E-state index in [1.165, 1.54) is 11.0 Å². The van der Waals surface area contributed by atoms with E-state index in [1.807, 2.05) is 42.6 Å². The summed E-state index contributed by atoms with van der Waals surface area (Å²) in [5.41, 5.74) is 3.65. The third kappa shape index (κ3) is 3.22. The number of para-hydroxylation sites is 1. The number of hydrogen-bond acceptors (Lipinski definition) is 6. The fourth-order valence-electron chi connectivity index (χ4n) is 2.59. The number of aryl methyl sites for hydroxylation is 1. The van der Waals surface area contributed by atoms with Crippen molar-refractivity contribution in [3.63, 3.8) is 0 Å². The van der Waals surface area contributed by atoms with Gasteiger partial charge in [-0.2, -0.15) is 4.68 Å². The second kappa shape index (κ2) is 6.85. The summed E-state index contributed by atoms with van der Waals surface area (Å²) in [6.07, 6.45) is 1.46. The summed E-state index contributed by atoms with van der Waals surface area (Å²) in [5, 5.41) is 17.1. The fraction of sp³-hybridized carbons (Fsp3) is 0.0556. The number of nitrogens with one attached hydrogen (secondary N) is 1. The van der Waals surface area contributed by atoms with Crippen LogP contribution in [0.15, 0.2) is 60.2 Å². The number of carbonyl (C=O) groups is 1. The first kappa shape index (κ1) is 16.1. The van der Waals surface area contributed by atoms with Crippen molar-refractivity contribution in [3.8, 4) is 16.9 Å². The molecule has 26 heavy (non-hydrogen) atoms. The van der Waals surface area contributed by atoms with Crippen LogP contribution in [0.1, 0.15) is 15.4 Å². The van der Waals surface area contributed by atoms with Crippen LogP contribution < -0.4 is 5.32 Å². The van der Waals surface area contributed by atoms with Gasteiger partial charge >= 0.3 is 0 Å². The van der Waals surface area contributed by atoms with Crippen molar-refractivity contribution in [2.45, 2.75) is 6.92 Å². The number of aromatic nitrogens is 5. The van der Waals surface area contributed by atoms with Gasteiger partial charge in [-0.25, -0.2) is 4.98 Å². The highest BCUT2D eigenvalue weighted by atomic mass is 32.1. The molecule has 0 aliphatic rings. The summed E-state index contributed by atoms with van der Waals surface area (Å²) in [7, 11) is 0. The second-order valence-corrected chi connectivity index (χ2v) is 6.62. The number of rotatable bonds is 4. The molecule has 1 amide bonds. The van der Waals surface area contributed by atoms with Crippen molar-refractivity contribution < 1.29 is 4.79 Å². The molecule has 4 rings (SSSR count). The molecule has 0 saturated carbocycles. The monoisotopic (exact) mass is 362 g/mol. The van der Waals surface area contributed by atoms with Gasteiger partial charge in [0.1, 0.15) is 6.33 Å². The van der Waals surface area contributed by atoms with E-state index in [4.69, 9.17) is 0 Å². The lowest BCUT2D eigenvalue weighted by Gasteiger charge is -2.10. The van der Waals surface area contributed by atoms with Crippen LogP contribution in [-0.4, -0.2) is 31.1 Å². The van der Waals surface area contributed by atoms with Crippen molar-refractivity contribution >= 4 is 22.9 Å². The Bertz CT molecular complexity index is 1060. The minimum Gasteiger partial charge on any atom is -0.322 e. The van der Waals surface area contributed by atoms with Crippen molar-refractivity contribution in [2.75, 3.05) is 5.32 Å². The van der Waals surface area contributed by atoms with Gasteiger partial charge in [-0.1, -0.05) is 24.3 Å². The molecule has 8 heteroatoms. The Morgan fingerprint density at radius 1 is 1.15 bits per heavy atom. The van der Waals surface area contributed by atoms with Gasteiger partial charge in [0, 0.05) is 16.6 Å². The van der Waals surface area contributed by atoms with Crippen molar-refractivity contribution in [2.24, 2.45) is 0 Å². The van der Waals surface area contributed by atoms with Gasteiger partial charge in [-0.05, 0) is 41.6 Å². The molecule has 0 bridgehead atoms. The summed E-state index contributed by atoms with van der Waals surface area (Å²) < 4.78 is 1.46. The minimum absolute atomic E-state index is 0.234. The predicted molar refractivity (Wildman–Crippen MR) is 99.4 cm³/mol. The highest BCUT2D eigenvalue weighted by Crippen LogP contribution is 2.24. The molecule has 7 nitrogen and oxygen atoms in total. The zero-order valence-electron chi connectivity index (χ0n) is 13.8. The Morgan fingerprint density at radius 2 is 2.04 bits per heavy atom. The first-order chi connectivity index (χ1) is 12.7. The Labute approximate surface area is 153 Å². The Hall–Kier alpha value is -3.39. The number of thiazole rings is 1. The van der Waals surface area contributed by atoms with Gasteiger partial charge in [0.25, 0.3) is 5.91 Å². The van der Waals surface area contributed by atoms with Crippen LogP contribution >= 0.6 is 11.3 Å². The molecule has 0 atom stereocenters. The lowest BCUT2D eigenvalue weighted by atomic mass is 10.1. The number of nitrogens with zero attached hydrogens (tertiary/aromatic N) is 5. The van der Waals surface area contributed by atoms with Gasteiger partial charge in [0.2, 0.25) is 0 Å². The van der Waals surface area contributed by atoms with E-state index in [0.717, 1.165) is 16.3 Å². The summed E-state index contributed by atoms with van der Waals surface area (Å²) in [6.45, 7) is 1.97. The molecule has 0 radical (unpaired) electrons. The third-order valence-electron chi connectivity index (χ3n) is 3.78. The van der Waals surface area contributed by atoms with E-state index in [-0.39, 0.29) is 5.91 Å². The minimum atomic E-state index is -0.234. The lowest BCUT2D eigenvalue weighted by Crippen LogP contribution is -2.15. The maximum atomic E-state index is 12.8. The zero-order chi connectivity index (χ0) is 17.9. The molecule has 4 aromatic rings. The molecule has 0 aliphatic heterocycles. The Morgan fingerprint density at radius 3 is 2.81 bits per heavy atom. The molecular weight excluding hydrogens is 348 g/mol. The average molecular weight is 362 g/mol. The number of tetrazole rings is 1. The smallest absolute Gasteiger partial charge is 0.257 e. The van der Waals surface area contributed by atoms with Crippen LogP contribution in [0.2, 0.25) is 0 Å². The summed E-state index contributed by atoms with van der Waals surface area (Å²) in [5.74, 6) is -0.234. The summed E-state index contributed by atoms with van der Waals surface area (Å²) in [4.78, 5) is 17.3. The highest BCUT2D eigenvalue weighted by Gasteiger charge is 2.14. The zero-order valence-corrected chi connectivity index (χ0v) is 14.6. The Kier molecular flexibility index (Phi) is 4.24. The molecule has 2 aromatic carbocycles. The first-order valence-electron chi connectivity index (χ1n) is 7.87. The topological polar surface area (TPSA) is 85.6 Å². The normalized spacial score (nSPS) is 10.7. The number of carbonyl (C=O) groups excluding carboxylic acids is 1. The van der Waals surface area contributed by atoms with E-state index in [9.17, 15) is 4.79 Å². The van der Waals surface area contributed by atoms with Crippen molar-refractivity contribution in [1.29, 1.82) is 0 Å². The quantitative estimate of drug-likeness (QED) is 0.602. The molecule has 0 spiro atoms. The van der Waals surface area contributed by atoms with E-state index in [2.05, 4.69) is 25.8 Å². The van der Waals surface area contributed by atoms with Gasteiger partial charge < -0.3 is 5.32 Å². The average Bonchev–Trinajstić information content (AvgIpc) is 3.34. The standard InChI is InChI=1S/C18H14N6OS/c1-12-20-16(10-26-12)13-5-4-6-14(9-13)21-18(25)15-7-2-3-8-17(15)24-11-19-22-23-24/h2-11H,1H3,(H,21,25).